The number of nitrogens with zero attached hydrogens (tertiary/aromatic N) is 1. The summed E-state index contributed by atoms with van der Waals surface area (Å²) in [6, 6.07) is 2.48. The maximum atomic E-state index is 12.7. The van der Waals surface area contributed by atoms with Gasteiger partial charge in [-0.2, -0.15) is 13.2 Å². The molecule has 3 rings (SSSR count). The second kappa shape index (κ2) is 5.52. The molecular weight excluding hydrogens is 311 g/mol. The van der Waals surface area contributed by atoms with Crippen LogP contribution in [0, 0.1) is 0 Å². The van der Waals surface area contributed by atoms with E-state index in [0.29, 0.717) is 12.1 Å². The maximum Gasteiger partial charge on any atom is 0.408 e. The van der Waals surface area contributed by atoms with Gasteiger partial charge >= 0.3 is 6.18 Å². The molecule has 1 saturated heterocycles. The minimum atomic E-state index is -4.46. The quantitative estimate of drug-likeness (QED) is 0.860. The number of nitrogens with one attached hydrogen (secondary N) is 1. The Balaban J connectivity index is 1.77. The number of nitrogens with two attached hydrogens (primary N) is 1. The Hall–Kier alpha value is -2.09. The molecule has 1 aromatic carbocycles. The molecule has 2 amide bonds. The van der Waals surface area contributed by atoms with E-state index >= 15 is 0 Å². The van der Waals surface area contributed by atoms with Crippen LogP contribution in [0.5, 0.6) is 0 Å². The van der Waals surface area contributed by atoms with Crippen molar-refractivity contribution in [3.63, 3.8) is 0 Å². The monoisotopic (exact) mass is 327 g/mol. The van der Waals surface area contributed by atoms with Crippen LogP contribution in [0.4, 0.5) is 13.2 Å². The number of carbonyl (C=O) groups is 2. The molecule has 3 N–H and O–H groups in total. The largest absolute Gasteiger partial charge is 0.408 e. The van der Waals surface area contributed by atoms with Crippen molar-refractivity contribution in [2.24, 2.45) is 5.73 Å². The molecule has 1 fully saturated rings. The predicted molar refractivity (Wildman–Crippen MR) is 75.2 cm³/mol. The van der Waals surface area contributed by atoms with Gasteiger partial charge in [0, 0.05) is 18.7 Å². The highest BCUT2D eigenvalue weighted by Gasteiger charge is 2.47. The van der Waals surface area contributed by atoms with E-state index in [9.17, 15) is 22.8 Å². The third-order valence-corrected chi connectivity index (χ3v) is 4.36. The lowest BCUT2D eigenvalue weighted by Crippen LogP contribution is -2.58. The number of halogens is 3. The fourth-order valence-electron chi connectivity index (χ4n) is 3.11. The molecule has 0 radical (unpaired) electrons. The maximum absolute atomic E-state index is 12.7. The van der Waals surface area contributed by atoms with Gasteiger partial charge in [0.25, 0.3) is 5.91 Å². The van der Waals surface area contributed by atoms with Crippen molar-refractivity contribution in [3.8, 4) is 0 Å². The fraction of sp³-hybridized carbons (Fsp3) is 0.467. The Bertz CT molecular complexity index is 660. The van der Waals surface area contributed by atoms with Crippen molar-refractivity contribution in [2.45, 2.75) is 44.2 Å². The van der Waals surface area contributed by atoms with Gasteiger partial charge in [-0.25, -0.2) is 0 Å². The highest BCUT2D eigenvalue weighted by molar-refractivity contribution is 6.01. The van der Waals surface area contributed by atoms with Gasteiger partial charge < -0.3 is 16.0 Å². The van der Waals surface area contributed by atoms with Crippen LogP contribution in [-0.4, -0.2) is 35.0 Å². The summed E-state index contributed by atoms with van der Waals surface area (Å²) in [5.74, 6) is -1.08. The molecule has 8 heteroatoms. The number of fused-ring (bicyclic) bond motifs is 1. The third-order valence-electron chi connectivity index (χ3n) is 4.36. The molecule has 2 heterocycles. The first kappa shape index (κ1) is 15.8. The van der Waals surface area contributed by atoms with E-state index in [1.807, 2.05) is 5.32 Å². The highest BCUT2D eigenvalue weighted by Crippen LogP contribution is 2.32. The molecule has 2 aliphatic heterocycles. The number of hydrogen-bond donors (Lipinski definition) is 2. The molecule has 5 nitrogen and oxygen atoms in total. The van der Waals surface area contributed by atoms with Gasteiger partial charge in [-0.3, -0.25) is 9.59 Å². The van der Waals surface area contributed by atoms with Crippen molar-refractivity contribution in [2.75, 3.05) is 0 Å². The zero-order chi connectivity index (χ0) is 16.8. The normalized spacial score (nSPS) is 24.6. The van der Waals surface area contributed by atoms with Gasteiger partial charge in [0.05, 0.1) is 0 Å². The van der Waals surface area contributed by atoms with Crippen LogP contribution in [0.1, 0.15) is 34.3 Å². The van der Waals surface area contributed by atoms with Crippen LogP contribution in [0.2, 0.25) is 0 Å². The van der Waals surface area contributed by atoms with Crippen molar-refractivity contribution in [1.82, 2.24) is 10.2 Å². The molecule has 2 aliphatic rings. The van der Waals surface area contributed by atoms with Crippen molar-refractivity contribution < 1.29 is 22.8 Å². The first-order valence-corrected chi connectivity index (χ1v) is 7.31. The van der Waals surface area contributed by atoms with E-state index in [1.54, 1.807) is 18.2 Å². The number of carbonyl (C=O) groups excluding carboxylic acids is 2. The van der Waals surface area contributed by atoms with Crippen LogP contribution in [0.3, 0.4) is 0 Å². The summed E-state index contributed by atoms with van der Waals surface area (Å²) in [7, 11) is 0. The summed E-state index contributed by atoms with van der Waals surface area (Å²) in [5, 5.41) is 1.98. The summed E-state index contributed by atoms with van der Waals surface area (Å²) < 4.78 is 38.1. The van der Waals surface area contributed by atoms with Crippen molar-refractivity contribution >= 4 is 11.8 Å². The highest BCUT2D eigenvalue weighted by atomic mass is 19.4. The lowest BCUT2D eigenvalue weighted by Gasteiger charge is -2.34. The molecule has 1 aromatic rings. The van der Waals surface area contributed by atoms with Gasteiger partial charge in [-0.15, -0.1) is 0 Å². The lowest BCUT2D eigenvalue weighted by atomic mass is 9.98. The number of alkyl halides is 3. The van der Waals surface area contributed by atoms with Gasteiger partial charge in [-0.1, -0.05) is 12.1 Å². The van der Waals surface area contributed by atoms with Crippen LogP contribution in [0.15, 0.2) is 18.2 Å². The average Bonchev–Trinajstić information content (AvgIpc) is 2.82. The van der Waals surface area contributed by atoms with E-state index in [4.69, 9.17) is 5.73 Å². The predicted octanol–water partition coefficient (Wildman–Crippen LogP) is 1.31. The summed E-state index contributed by atoms with van der Waals surface area (Å²) in [4.78, 5) is 25.8. The molecule has 0 aliphatic carbocycles. The van der Waals surface area contributed by atoms with E-state index in [2.05, 4.69) is 0 Å². The molecule has 124 valence electrons. The summed E-state index contributed by atoms with van der Waals surface area (Å²) in [6.45, 7) is 0.551. The number of amides is 2. The van der Waals surface area contributed by atoms with Crippen molar-refractivity contribution in [1.29, 1.82) is 0 Å². The Kier molecular flexibility index (Phi) is 3.79. The van der Waals surface area contributed by atoms with E-state index in [-0.39, 0.29) is 25.3 Å². The Morgan fingerprint density at radius 1 is 1.26 bits per heavy atom. The first-order chi connectivity index (χ1) is 10.8. The molecule has 0 saturated carbocycles. The van der Waals surface area contributed by atoms with Gasteiger partial charge in [0.15, 0.2) is 0 Å². The second-order valence-electron chi connectivity index (χ2n) is 5.82. The minimum Gasteiger partial charge on any atom is -0.343 e. The van der Waals surface area contributed by atoms with Gasteiger partial charge in [0.1, 0.15) is 12.1 Å². The smallest absolute Gasteiger partial charge is 0.343 e. The topological polar surface area (TPSA) is 75.4 Å². The molecule has 2 unspecified atom stereocenters. The summed E-state index contributed by atoms with van der Waals surface area (Å²) in [5.41, 5.74) is 7.66. The Morgan fingerprint density at radius 2 is 2.00 bits per heavy atom. The molecule has 2 atom stereocenters. The molecule has 0 aromatic heterocycles. The Labute approximate surface area is 130 Å². The lowest BCUT2D eigenvalue weighted by molar-refractivity contribution is -0.170. The van der Waals surface area contributed by atoms with E-state index in [1.165, 1.54) is 4.90 Å². The molecule has 0 spiro atoms. The van der Waals surface area contributed by atoms with E-state index < -0.39 is 24.2 Å². The van der Waals surface area contributed by atoms with Crippen LogP contribution in [0.25, 0.3) is 0 Å². The third kappa shape index (κ3) is 2.78. The zero-order valence-corrected chi connectivity index (χ0v) is 12.2. The molecule has 23 heavy (non-hydrogen) atoms. The zero-order valence-electron chi connectivity index (χ0n) is 12.2. The van der Waals surface area contributed by atoms with E-state index in [0.717, 1.165) is 11.1 Å². The summed E-state index contributed by atoms with van der Waals surface area (Å²) in [6.07, 6.45) is -4.69. The number of hydrogen-bond acceptors (Lipinski definition) is 3. The van der Waals surface area contributed by atoms with Crippen LogP contribution in [-0.2, 0) is 17.9 Å². The standard InChI is InChI=1S/C15H16F3N3O2/c16-15(17,18)12-4-3-11(13(22)20-12)21-7-9-5-8(6-19)1-2-10(9)14(21)23/h1-2,5,11-12H,3-4,6-7,19H2,(H,20,22). The number of benzene rings is 1. The average molecular weight is 327 g/mol. The second-order valence-corrected chi connectivity index (χ2v) is 5.82. The molecule has 0 bridgehead atoms. The van der Waals surface area contributed by atoms with Gasteiger partial charge in [0.2, 0.25) is 5.91 Å². The SMILES string of the molecule is NCc1ccc2c(c1)CN(C1CCC(C(F)(F)F)NC1=O)C2=O. The van der Waals surface area contributed by atoms with Crippen LogP contribution >= 0.6 is 0 Å². The van der Waals surface area contributed by atoms with Crippen LogP contribution < -0.4 is 11.1 Å². The number of piperidine rings is 1. The molecular formula is C15H16F3N3O2. The number of rotatable bonds is 2. The van der Waals surface area contributed by atoms with Crippen molar-refractivity contribution in [3.05, 3.63) is 34.9 Å². The Morgan fingerprint density at radius 3 is 2.61 bits per heavy atom. The first-order valence-electron chi connectivity index (χ1n) is 7.31. The van der Waals surface area contributed by atoms with Gasteiger partial charge in [-0.05, 0) is 30.0 Å². The fourth-order valence-corrected chi connectivity index (χ4v) is 3.11. The minimum absolute atomic E-state index is 0.000511. The summed E-state index contributed by atoms with van der Waals surface area (Å²) >= 11 is 0.